The Labute approximate surface area is 112 Å². The monoisotopic (exact) mass is 269 g/mol. The van der Waals surface area contributed by atoms with Gasteiger partial charge in [-0.3, -0.25) is 4.79 Å². The van der Waals surface area contributed by atoms with Crippen molar-refractivity contribution in [3.63, 3.8) is 0 Å². The van der Waals surface area contributed by atoms with E-state index in [2.05, 4.69) is 10.3 Å². The first-order valence-electron chi connectivity index (χ1n) is 6.04. The van der Waals surface area contributed by atoms with Gasteiger partial charge in [-0.05, 0) is 17.9 Å². The second-order valence-electron chi connectivity index (χ2n) is 5.15. The number of halogens is 1. The maximum absolute atomic E-state index is 13.6. The lowest BCUT2D eigenvalue weighted by Gasteiger charge is -2.24. The summed E-state index contributed by atoms with van der Waals surface area (Å²) in [5.74, 6) is -1.54. The van der Waals surface area contributed by atoms with Crippen LogP contribution in [0.2, 0.25) is 0 Å². The van der Waals surface area contributed by atoms with E-state index in [1.54, 1.807) is 7.11 Å². The Hall–Kier alpha value is -1.69. The number of methoxy groups -OCH3 is 1. The van der Waals surface area contributed by atoms with Crippen LogP contribution in [0, 0.1) is 11.2 Å². The van der Waals surface area contributed by atoms with Crippen molar-refractivity contribution in [2.45, 2.75) is 20.3 Å². The Balaban J connectivity index is 2.63. The largest absolute Gasteiger partial charge is 0.385 e. The molecule has 3 N–H and O–H groups in total. The van der Waals surface area contributed by atoms with Gasteiger partial charge in [0.2, 0.25) is 0 Å². The van der Waals surface area contributed by atoms with E-state index >= 15 is 0 Å². The summed E-state index contributed by atoms with van der Waals surface area (Å²) >= 11 is 0. The number of carbonyl (C=O) groups is 1. The third kappa shape index (κ3) is 4.48. The van der Waals surface area contributed by atoms with Crippen LogP contribution in [0.3, 0.4) is 0 Å². The van der Waals surface area contributed by atoms with E-state index in [1.165, 1.54) is 12.3 Å². The van der Waals surface area contributed by atoms with Crippen molar-refractivity contribution >= 4 is 11.7 Å². The van der Waals surface area contributed by atoms with E-state index in [9.17, 15) is 9.18 Å². The van der Waals surface area contributed by atoms with Gasteiger partial charge in [0.1, 0.15) is 0 Å². The molecular weight excluding hydrogens is 249 g/mol. The summed E-state index contributed by atoms with van der Waals surface area (Å²) in [6, 6.07) is 1.31. The number of anilines is 1. The van der Waals surface area contributed by atoms with Gasteiger partial charge in [-0.15, -0.1) is 0 Å². The van der Waals surface area contributed by atoms with Gasteiger partial charge in [-0.25, -0.2) is 9.37 Å². The number of nitrogens with zero attached hydrogens (tertiary/aromatic N) is 1. The quantitative estimate of drug-likeness (QED) is 0.822. The predicted molar refractivity (Wildman–Crippen MR) is 71.2 cm³/mol. The zero-order chi connectivity index (χ0) is 14.5. The molecule has 1 aromatic rings. The minimum Gasteiger partial charge on any atom is -0.385 e. The molecule has 0 bridgehead atoms. The maximum Gasteiger partial charge on any atom is 0.254 e. The average Bonchev–Trinajstić information content (AvgIpc) is 2.37. The number of amides is 1. The van der Waals surface area contributed by atoms with Gasteiger partial charge in [-0.1, -0.05) is 13.8 Å². The van der Waals surface area contributed by atoms with Crippen LogP contribution in [0.25, 0.3) is 0 Å². The van der Waals surface area contributed by atoms with Crippen molar-refractivity contribution in [3.8, 4) is 0 Å². The predicted octanol–water partition coefficient (Wildman–Crippen LogP) is 1.60. The summed E-state index contributed by atoms with van der Waals surface area (Å²) in [5, 5.41) is 2.70. The van der Waals surface area contributed by atoms with Gasteiger partial charge < -0.3 is 15.8 Å². The van der Waals surface area contributed by atoms with Crippen LogP contribution in [-0.2, 0) is 4.74 Å². The second kappa shape index (κ2) is 6.47. The van der Waals surface area contributed by atoms with Gasteiger partial charge in [-0.2, -0.15) is 0 Å². The molecule has 0 aliphatic heterocycles. The Morgan fingerprint density at radius 2 is 2.26 bits per heavy atom. The fourth-order valence-corrected chi connectivity index (χ4v) is 1.52. The van der Waals surface area contributed by atoms with Gasteiger partial charge in [0.15, 0.2) is 11.6 Å². The van der Waals surface area contributed by atoms with Crippen molar-refractivity contribution in [1.82, 2.24) is 10.3 Å². The summed E-state index contributed by atoms with van der Waals surface area (Å²) in [6.45, 7) is 5.05. The molecule has 0 spiro atoms. The standard InChI is InChI=1S/C13H20FN3O2/c1-13(2,5-7-19-3)8-17-12(18)9-4-6-16-11(15)10(9)14/h4,6H,5,7-8H2,1-3H3,(H2,15,16)(H,17,18). The fraction of sp³-hybridized carbons (Fsp3) is 0.538. The summed E-state index contributed by atoms with van der Waals surface area (Å²) in [7, 11) is 1.63. The molecule has 1 heterocycles. The topological polar surface area (TPSA) is 77.2 Å². The van der Waals surface area contributed by atoms with E-state index in [0.29, 0.717) is 13.2 Å². The molecule has 0 fully saturated rings. The summed E-state index contributed by atoms with van der Waals surface area (Å²) < 4.78 is 18.6. The van der Waals surface area contributed by atoms with E-state index in [-0.39, 0.29) is 16.8 Å². The number of nitrogen functional groups attached to an aromatic ring is 1. The normalized spacial score (nSPS) is 11.4. The van der Waals surface area contributed by atoms with Gasteiger partial charge in [0.25, 0.3) is 5.91 Å². The Bertz CT molecular complexity index is 450. The summed E-state index contributed by atoms with van der Waals surface area (Å²) in [6.07, 6.45) is 2.11. The molecule has 0 saturated carbocycles. The minimum atomic E-state index is -0.783. The highest BCUT2D eigenvalue weighted by molar-refractivity contribution is 5.95. The Morgan fingerprint density at radius 1 is 1.58 bits per heavy atom. The second-order valence-corrected chi connectivity index (χ2v) is 5.15. The number of hydrogen-bond acceptors (Lipinski definition) is 4. The van der Waals surface area contributed by atoms with Crippen LogP contribution in [0.1, 0.15) is 30.6 Å². The Morgan fingerprint density at radius 3 is 2.89 bits per heavy atom. The zero-order valence-electron chi connectivity index (χ0n) is 11.5. The Kier molecular flexibility index (Phi) is 5.23. The minimum absolute atomic E-state index is 0.0879. The lowest BCUT2D eigenvalue weighted by molar-refractivity contribution is 0.0917. The van der Waals surface area contributed by atoms with E-state index < -0.39 is 11.7 Å². The SMILES string of the molecule is COCCC(C)(C)CNC(=O)c1ccnc(N)c1F. The molecule has 106 valence electrons. The number of pyridine rings is 1. The molecule has 1 aromatic heterocycles. The van der Waals surface area contributed by atoms with Crippen molar-refractivity contribution in [2.75, 3.05) is 26.0 Å². The molecule has 1 rings (SSSR count). The zero-order valence-corrected chi connectivity index (χ0v) is 11.5. The van der Waals surface area contributed by atoms with Crippen LogP contribution >= 0.6 is 0 Å². The lowest BCUT2D eigenvalue weighted by atomic mass is 9.89. The molecule has 19 heavy (non-hydrogen) atoms. The average molecular weight is 269 g/mol. The molecule has 1 amide bonds. The van der Waals surface area contributed by atoms with Crippen molar-refractivity contribution < 1.29 is 13.9 Å². The van der Waals surface area contributed by atoms with E-state index in [1.807, 2.05) is 13.8 Å². The third-order valence-electron chi connectivity index (χ3n) is 2.87. The van der Waals surface area contributed by atoms with Crippen LogP contribution in [0.5, 0.6) is 0 Å². The van der Waals surface area contributed by atoms with E-state index in [0.717, 1.165) is 6.42 Å². The van der Waals surface area contributed by atoms with Crippen molar-refractivity contribution in [1.29, 1.82) is 0 Å². The molecule has 0 aromatic carbocycles. The van der Waals surface area contributed by atoms with Crippen LogP contribution in [-0.4, -0.2) is 31.2 Å². The van der Waals surface area contributed by atoms with Crippen LogP contribution in [0.15, 0.2) is 12.3 Å². The molecule has 0 atom stereocenters. The maximum atomic E-state index is 13.6. The summed E-state index contributed by atoms with van der Waals surface area (Å²) in [4.78, 5) is 15.4. The first-order valence-corrected chi connectivity index (χ1v) is 6.04. The smallest absolute Gasteiger partial charge is 0.254 e. The number of nitrogens with two attached hydrogens (primary N) is 1. The molecule has 5 nitrogen and oxygen atoms in total. The van der Waals surface area contributed by atoms with Crippen LogP contribution < -0.4 is 11.1 Å². The van der Waals surface area contributed by atoms with E-state index in [4.69, 9.17) is 10.5 Å². The number of nitrogens with one attached hydrogen (secondary N) is 1. The highest BCUT2D eigenvalue weighted by Gasteiger charge is 2.20. The van der Waals surface area contributed by atoms with Crippen LogP contribution in [0.4, 0.5) is 10.2 Å². The first kappa shape index (κ1) is 15.4. The molecule has 0 radical (unpaired) electrons. The molecule has 0 unspecified atom stereocenters. The third-order valence-corrected chi connectivity index (χ3v) is 2.87. The number of rotatable bonds is 6. The number of carbonyl (C=O) groups excluding carboxylic acids is 1. The number of aromatic nitrogens is 1. The molecule has 0 aliphatic rings. The molecule has 6 heteroatoms. The van der Waals surface area contributed by atoms with Gasteiger partial charge in [0, 0.05) is 26.5 Å². The number of ether oxygens (including phenoxy) is 1. The molecular formula is C13H20FN3O2. The first-order chi connectivity index (χ1) is 8.87. The highest BCUT2D eigenvalue weighted by atomic mass is 19.1. The van der Waals surface area contributed by atoms with Crippen molar-refractivity contribution in [3.05, 3.63) is 23.6 Å². The lowest BCUT2D eigenvalue weighted by Crippen LogP contribution is -2.35. The number of hydrogen-bond donors (Lipinski definition) is 2. The highest BCUT2D eigenvalue weighted by Crippen LogP contribution is 2.19. The van der Waals surface area contributed by atoms with Gasteiger partial charge >= 0.3 is 0 Å². The molecule has 0 saturated heterocycles. The van der Waals surface area contributed by atoms with Crippen molar-refractivity contribution in [2.24, 2.45) is 5.41 Å². The summed E-state index contributed by atoms with van der Waals surface area (Å²) in [5.41, 5.74) is 5.11. The fourth-order valence-electron chi connectivity index (χ4n) is 1.52. The van der Waals surface area contributed by atoms with Gasteiger partial charge in [0.05, 0.1) is 5.56 Å². The molecule has 0 aliphatic carbocycles.